The Morgan fingerprint density at radius 2 is 1.59 bits per heavy atom. The van der Waals surface area contributed by atoms with Crippen LogP contribution >= 0.6 is 11.6 Å². The molecule has 2 aromatic rings. The van der Waals surface area contributed by atoms with E-state index in [1.807, 2.05) is 6.07 Å². The quantitative estimate of drug-likeness (QED) is 0.616. The van der Waals surface area contributed by atoms with Gasteiger partial charge in [-0.15, -0.1) is 0 Å². The molecule has 2 rings (SSSR count). The third-order valence-electron chi connectivity index (χ3n) is 2.04. The van der Waals surface area contributed by atoms with Gasteiger partial charge >= 0.3 is 5.97 Å². The highest BCUT2D eigenvalue weighted by Gasteiger charge is 2.07. The SMILES string of the molecule is O=C(OOc1ccc(Cl)cc1)c1ccccc1. The summed E-state index contributed by atoms with van der Waals surface area (Å²) in [6.45, 7) is 0. The molecule has 0 bridgehead atoms. The second-order valence-electron chi connectivity index (χ2n) is 3.27. The van der Waals surface area contributed by atoms with E-state index in [-0.39, 0.29) is 0 Å². The molecule has 0 N–H and O–H groups in total. The van der Waals surface area contributed by atoms with Crippen LogP contribution in [0, 0.1) is 0 Å². The van der Waals surface area contributed by atoms with E-state index in [2.05, 4.69) is 4.89 Å². The summed E-state index contributed by atoms with van der Waals surface area (Å²) in [5.41, 5.74) is 0.432. The van der Waals surface area contributed by atoms with E-state index in [4.69, 9.17) is 16.5 Å². The van der Waals surface area contributed by atoms with E-state index >= 15 is 0 Å². The predicted octanol–water partition coefficient (Wildman–Crippen LogP) is 3.49. The number of hydrogen-bond donors (Lipinski definition) is 0. The third-order valence-corrected chi connectivity index (χ3v) is 2.29. The van der Waals surface area contributed by atoms with Crippen LogP contribution < -0.4 is 4.89 Å². The highest BCUT2D eigenvalue weighted by Crippen LogP contribution is 2.16. The summed E-state index contributed by atoms with van der Waals surface area (Å²) in [7, 11) is 0. The molecule has 0 amide bonds. The van der Waals surface area contributed by atoms with E-state index in [1.165, 1.54) is 0 Å². The van der Waals surface area contributed by atoms with Gasteiger partial charge in [-0.3, -0.25) is 4.89 Å². The molecule has 0 heterocycles. The Bertz CT molecular complexity index is 494. The van der Waals surface area contributed by atoms with Crippen LogP contribution in [0.4, 0.5) is 0 Å². The summed E-state index contributed by atoms with van der Waals surface area (Å²) in [5.74, 6) is -0.126. The minimum atomic E-state index is -0.541. The van der Waals surface area contributed by atoms with Gasteiger partial charge in [0.15, 0.2) is 5.75 Å². The van der Waals surface area contributed by atoms with Crippen molar-refractivity contribution in [1.82, 2.24) is 0 Å². The lowest BCUT2D eigenvalue weighted by Crippen LogP contribution is -2.07. The molecule has 0 spiro atoms. The van der Waals surface area contributed by atoms with Gasteiger partial charge in [0.1, 0.15) is 0 Å². The molecular formula is C13H9ClO3. The molecule has 0 aromatic heterocycles. The van der Waals surface area contributed by atoms with Crippen molar-refractivity contribution in [3.63, 3.8) is 0 Å². The van der Waals surface area contributed by atoms with E-state index in [1.54, 1.807) is 48.5 Å². The molecule has 0 unspecified atom stereocenters. The van der Waals surface area contributed by atoms with Crippen molar-refractivity contribution < 1.29 is 14.6 Å². The molecule has 0 aliphatic rings. The lowest BCUT2D eigenvalue weighted by molar-refractivity contribution is -0.149. The largest absolute Gasteiger partial charge is 0.386 e. The monoisotopic (exact) mass is 248 g/mol. The lowest BCUT2D eigenvalue weighted by atomic mass is 10.2. The number of carbonyl (C=O) groups is 1. The van der Waals surface area contributed by atoms with Gasteiger partial charge in [-0.05, 0) is 36.4 Å². The molecule has 4 heteroatoms. The zero-order chi connectivity index (χ0) is 12.1. The Labute approximate surface area is 103 Å². The third kappa shape index (κ3) is 3.23. The van der Waals surface area contributed by atoms with Crippen molar-refractivity contribution in [2.75, 3.05) is 0 Å². The minimum absolute atomic E-state index is 0.415. The van der Waals surface area contributed by atoms with Crippen molar-refractivity contribution in [3.05, 3.63) is 65.2 Å². The van der Waals surface area contributed by atoms with Gasteiger partial charge in [-0.1, -0.05) is 29.8 Å². The lowest BCUT2D eigenvalue weighted by Gasteiger charge is -2.04. The van der Waals surface area contributed by atoms with Crippen LogP contribution in [0.3, 0.4) is 0 Å². The van der Waals surface area contributed by atoms with Crippen LogP contribution in [0.2, 0.25) is 5.02 Å². The summed E-state index contributed by atoms with van der Waals surface area (Å²) in [6.07, 6.45) is 0. The fourth-order valence-corrected chi connectivity index (χ4v) is 1.32. The maximum atomic E-state index is 11.5. The van der Waals surface area contributed by atoms with Crippen molar-refractivity contribution in [2.45, 2.75) is 0 Å². The molecule has 0 saturated carbocycles. The first-order valence-corrected chi connectivity index (χ1v) is 5.33. The standard InChI is InChI=1S/C13H9ClO3/c14-11-6-8-12(9-7-11)16-17-13(15)10-4-2-1-3-5-10/h1-9H. The van der Waals surface area contributed by atoms with Crippen molar-refractivity contribution in [3.8, 4) is 5.75 Å². The predicted molar refractivity (Wildman–Crippen MR) is 63.9 cm³/mol. The normalized spacial score (nSPS) is 9.71. The smallest absolute Gasteiger partial charge is 0.287 e. The average Bonchev–Trinajstić information content (AvgIpc) is 2.39. The zero-order valence-corrected chi connectivity index (χ0v) is 9.55. The van der Waals surface area contributed by atoms with Crippen molar-refractivity contribution in [2.24, 2.45) is 0 Å². The molecule has 0 saturated heterocycles. The molecule has 0 fully saturated rings. The molecular weight excluding hydrogens is 240 g/mol. The highest BCUT2D eigenvalue weighted by molar-refractivity contribution is 6.30. The second kappa shape index (κ2) is 5.37. The Morgan fingerprint density at radius 1 is 0.941 bits per heavy atom. The number of carbonyl (C=O) groups excluding carboxylic acids is 1. The van der Waals surface area contributed by atoms with Crippen LogP contribution in [-0.4, -0.2) is 5.97 Å². The first-order chi connectivity index (χ1) is 8.25. The second-order valence-corrected chi connectivity index (χ2v) is 3.71. The van der Waals surface area contributed by atoms with Gasteiger partial charge in [0.05, 0.1) is 5.56 Å². The molecule has 0 radical (unpaired) electrons. The van der Waals surface area contributed by atoms with E-state index < -0.39 is 5.97 Å². The fraction of sp³-hybridized carbons (Fsp3) is 0. The van der Waals surface area contributed by atoms with Gasteiger partial charge in [0, 0.05) is 5.02 Å². The Kier molecular flexibility index (Phi) is 3.62. The van der Waals surface area contributed by atoms with Gasteiger partial charge < -0.3 is 0 Å². The molecule has 0 aliphatic heterocycles. The van der Waals surface area contributed by atoms with Crippen molar-refractivity contribution in [1.29, 1.82) is 0 Å². The Morgan fingerprint density at radius 3 is 2.24 bits per heavy atom. The Balaban J connectivity index is 1.95. The van der Waals surface area contributed by atoms with Gasteiger partial charge in [-0.25, -0.2) is 9.68 Å². The van der Waals surface area contributed by atoms with E-state index in [0.717, 1.165) is 0 Å². The van der Waals surface area contributed by atoms with Gasteiger partial charge in [-0.2, -0.15) is 0 Å². The van der Waals surface area contributed by atoms with E-state index in [9.17, 15) is 4.79 Å². The highest BCUT2D eigenvalue weighted by atomic mass is 35.5. The topological polar surface area (TPSA) is 35.5 Å². The Hall–Kier alpha value is -2.00. The summed E-state index contributed by atoms with van der Waals surface area (Å²) in [6, 6.07) is 15.1. The van der Waals surface area contributed by atoms with Crippen LogP contribution in [0.1, 0.15) is 10.4 Å². The summed E-state index contributed by atoms with van der Waals surface area (Å²) >= 11 is 5.71. The van der Waals surface area contributed by atoms with Crippen LogP contribution in [-0.2, 0) is 4.89 Å². The first-order valence-electron chi connectivity index (χ1n) is 4.95. The maximum absolute atomic E-state index is 11.5. The minimum Gasteiger partial charge on any atom is -0.287 e. The number of benzene rings is 2. The summed E-state index contributed by atoms with van der Waals surface area (Å²) < 4.78 is 0. The van der Waals surface area contributed by atoms with Crippen molar-refractivity contribution >= 4 is 17.6 Å². The molecule has 0 atom stereocenters. The number of hydrogen-bond acceptors (Lipinski definition) is 3. The molecule has 0 aliphatic carbocycles. The van der Waals surface area contributed by atoms with Gasteiger partial charge in [0.2, 0.25) is 0 Å². The van der Waals surface area contributed by atoms with Crippen LogP contribution in [0.15, 0.2) is 54.6 Å². The summed E-state index contributed by atoms with van der Waals surface area (Å²) in [4.78, 5) is 21.1. The summed E-state index contributed by atoms with van der Waals surface area (Å²) in [5, 5.41) is 0.590. The first kappa shape index (κ1) is 11.5. The molecule has 86 valence electrons. The van der Waals surface area contributed by atoms with Gasteiger partial charge in [0.25, 0.3) is 0 Å². The zero-order valence-electron chi connectivity index (χ0n) is 8.80. The van der Waals surface area contributed by atoms with Crippen LogP contribution in [0.25, 0.3) is 0 Å². The maximum Gasteiger partial charge on any atom is 0.386 e. The molecule has 17 heavy (non-hydrogen) atoms. The van der Waals surface area contributed by atoms with E-state index in [0.29, 0.717) is 16.3 Å². The number of halogens is 1. The molecule has 3 nitrogen and oxygen atoms in total. The average molecular weight is 249 g/mol. The molecule has 2 aromatic carbocycles. The number of rotatable bonds is 3. The fourth-order valence-electron chi connectivity index (χ4n) is 1.20. The van der Waals surface area contributed by atoms with Crippen LogP contribution in [0.5, 0.6) is 5.75 Å².